The second-order valence-electron chi connectivity index (χ2n) is 6.83. The lowest BCUT2D eigenvalue weighted by molar-refractivity contribution is -0.137. The summed E-state index contributed by atoms with van der Waals surface area (Å²) < 4.78 is 75.9. The number of hydrogen-bond acceptors (Lipinski definition) is 4. The molecule has 0 aliphatic carbocycles. The van der Waals surface area contributed by atoms with Gasteiger partial charge < -0.3 is 4.74 Å². The molecule has 30 heavy (non-hydrogen) atoms. The van der Waals surface area contributed by atoms with Crippen LogP contribution in [-0.2, 0) is 26.9 Å². The zero-order valence-corrected chi connectivity index (χ0v) is 16.4. The van der Waals surface area contributed by atoms with Crippen LogP contribution in [0.2, 0.25) is 0 Å². The molecule has 0 bridgehead atoms. The molecule has 0 radical (unpaired) electrons. The summed E-state index contributed by atoms with van der Waals surface area (Å²) in [6.07, 6.45) is -4.80. The SMILES string of the molecule is O=S(=O)(OCC1Cc2cccc(-c3ccccc3C(F)(F)F)c2O1)c1ccccc1. The van der Waals surface area contributed by atoms with Crippen molar-refractivity contribution in [2.24, 2.45) is 0 Å². The van der Waals surface area contributed by atoms with Gasteiger partial charge in [-0.2, -0.15) is 21.6 Å². The predicted molar refractivity (Wildman–Crippen MR) is 105 cm³/mol. The highest BCUT2D eigenvalue weighted by Gasteiger charge is 2.35. The second kappa shape index (κ2) is 7.77. The first-order valence-corrected chi connectivity index (χ1v) is 10.6. The average Bonchev–Trinajstić information content (AvgIpc) is 3.16. The van der Waals surface area contributed by atoms with Crippen LogP contribution in [0.25, 0.3) is 11.1 Å². The molecule has 1 heterocycles. The Morgan fingerprint density at radius 3 is 2.30 bits per heavy atom. The van der Waals surface area contributed by atoms with Gasteiger partial charge in [-0.15, -0.1) is 0 Å². The van der Waals surface area contributed by atoms with Crippen LogP contribution < -0.4 is 4.74 Å². The second-order valence-corrected chi connectivity index (χ2v) is 8.45. The highest BCUT2D eigenvalue weighted by atomic mass is 32.2. The van der Waals surface area contributed by atoms with Crippen LogP contribution in [0.3, 0.4) is 0 Å². The lowest BCUT2D eigenvalue weighted by Gasteiger charge is -2.16. The summed E-state index contributed by atoms with van der Waals surface area (Å²) in [5.41, 5.74) is 0.276. The summed E-state index contributed by atoms with van der Waals surface area (Å²) in [7, 11) is -3.95. The highest BCUT2D eigenvalue weighted by Crippen LogP contribution is 2.44. The van der Waals surface area contributed by atoms with Crippen LogP contribution in [0.4, 0.5) is 13.2 Å². The van der Waals surface area contributed by atoms with Crippen molar-refractivity contribution >= 4 is 10.1 Å². The summed E-state index contributed by atoms with van der Waals surface area (Å²) in [5, 5.41) is 0. The Balaban J connectivity index is 1.57. The topological polar surface area (TPSA) is 52.6 Å². The van der Waals surface area contributed by atoms with Crippen molar-refractivity contribution in [3.8, 4) is 16.9 Å². The maximum Gasteiger partial charge on any atom is 0.417 e. The van der Waals surface area contributed by atoms with Crippen molar-refractivity contribution in [1.82, 2.24) is 0 Å². The molecule has 0 spiro atoms. The number of para-hydroxylation sites is 1. The minimum absolute atomic E-state index is 0.0142. The van der Waals surface area contributed by atoms with Crippen molar-refractivity contribution in [2.75, 3.05) is 6.61 Å². The molecule has 8 heteroatoms. The van der Waals surface area contributed by atoms with E-state index in [1.54, 1.807) is 36.4 Å². The number of halogens is 3. The van der Waals surface area contributed by atoms with E-state index in [0.29, 0.717) is 23.3 Å². The molecule has 1 unspecified atom stereocenters. The lowest BCUT2D eigenvalue weighted by Crippen LogP contribution is -2.23. The number of fused-ring (bicyclic) bond motifs is 1. The Hall–Kier alpha value is -2.84. The third-order valence-corrected chi connectivity index (χ3v) is 6.09. The lowest BCUT2D eigenvalue weighted by atomic mass is 9.96. The number of rotatable bonds is 5. The molecule has 4 rings (SSSR count). The molecule has 1 aliphatic heterocycles. The van der Waals surface area contributed by atoms with Crippen molar-refractivity contribution < 1.29 is 30.5 Å². The third-order valence-electron chi connectivity index (χ3n) is 4.79. The molecular weight excluding hydrogens is 417 g/mol. The fourth-order valence-electron chi connectivity index (χ4n) is 3.43. The molecule has 3 aromatic rings. The molecule has 0 N–H and O–H groups in total. The van der Waals surface area contributed by atoms with Gasteiger partial charge in [-0.25, -0.2) is 0 Å². The van der Waals surface area contributed by atoms with Gasteiger partial charge in [0.2, 0.25) is 0 Å². The molecule has 0 saturated heterocycles. The van der Waals surface area contributed by atoms with Gasteiger partial charge in [0, 0.05) is 12.0 Å². The molecule has 3 aromatic carbocycles. The standard InChI is InChI=1S/C22H17F3O4S/c23-22(24,25)20-12-5-4-10-18(20)19-11-6-7-15-13-16(29-21(15)19)14-28-30(26,27)17-8-2-1-3-9-17/h1-12,16H,13-14H2. The van der Waals surface area contributed by atoms with E-state index in [4.69, 9.17) is 8.92 Å². The van der Waals surface area contributed by atoms with Gasteiger partial charge in [-0.05, 0) is 29.3 Å². The van der Waals surface area contributed by atoms with E-state index in [1.165, 1.54) is 30.3 Å². The first-order chi connectivity index (χ1) is 14.3. The van der Waals surface area contributed by atoms with Gasteiger partial charge in [0.1, 0.15) is 18.5 Å². The molecule has 0 fully saturated rings. The van der Waals surface area contributed by atoms with Gasteiger partial charge in [0.15, 0.2) is 0 Å². The zero-order valence-electron chi connectivity index (χ0n) is 15.6. The van der Waals surface area contributed by atoms with Gasteiger partial charge in [0.05, 0.1) is 10.5 Å². The molecule has 1 aliphatic rings. The van der Waals surface area contributed by atoms with Crippen molar-refractivity contribution in [3.63, 3.8) is 0 Å². The van der Waals surface area contributed by atoms with E-state index in [2.05, 4.69) is 0 Å². The first kappa shape index (κ1) is 20.4. The van der Waals surface area contributed by atoms with E-state index in [-0.39, 0.29) is 17.1 Å². The molecule has 156 valence electrons. The molecule has 0 saturated carbocycles. The smallest absolute Gasteiger partial charge is 0.417 e. The summed E-state index contributed by atoms with van der Waals surface area (Å²) in [4.78, 5) is 0.0281. The monoisotopic (exact) mass is 434 g/mol. The Labute approximate surface area is 172 Å². The minimum Gasteiger partial charge on any atom is -0.487 e. The molecule has 1 atom stereocenters. The number of benzene rings is 3. The summed E-state index contributed by atoms with van der Waals surface area (Å²) in [6.45, 7) is -0.244. The van der Waals surface area contributed by atoms with Crippen LogP contribution in [0, 0.1) is 0 Å². The minimum atomic E-state index is -4.51. The molecule has 0 aromatic heterocycles. The number of ether oxygens (including phenoxy) is 1. The Bertz CT molecular complexity index is 1160. The van der Waals surface area contributed by atoms with Crippen LogP contribution in [0.5, 0.6) is 5.75 Å². The summed E-state index contributed by atoms with van der Waals surface area (Å²) in [6, 6.07) is 18.0. The zero-order chi connectivity index (χ0) is 21.4. The number of hydrogen-bond donors (Lipinski definition) is 0. The Kier molecular flexibility index (Phi) is 5.29. The van der Waals surface area contributed by atoms with E-state index < -0.39 is 28.0 Å². The average molecular weight is 434 g/mol. The summed E-state index contributed by atoms with van der Waals surface area (Å²) in [5.74, 6) is 0.319. The van der Waals surface area contributed by atoms with Gasteiger partial charge in [0.25, 0.3) is 10.1 Å². The van der Waals surface area contributed by atoms with Crippen LogP contribution in [0.15, 0.2) is 77.7 Å². The maximum absolute atomic E-state index is 13.4. The Morgan fingerprint density at radius 2 is 1.57 bits per heavy atom. The van der Waals surface area contributed by atoms with Crippen molar-refractivity contribution in [2.45, 2.75) is 23.6 Å². The van der Waals surface area contributed by atoms with Gasteiger partial charge >= 0.3 is 6.18 Å². The third kappa shape index (κ3) is 4.06. The number of alkyl halides is 3. The van der Waals surface area contributed by atoms with E-state index in [0.717, 1.165) is 6.07 Å². The normalized spacial score (nSPS) is 16.2. The van der Waals surface area contributed by atoms with Gasteiger partial charge in [-0.1, -0.05) is 54.6 Å². The van der Waals surface area contributed by atoms with Crippen molar-refractivity contribution in [1.29, 1.82) is 0 Å². The quantitative estimate of drug-likeness (QED) is 0.526. The molecule has 0 amide bonds. The summed E-state index contributed by atoms with van der Waals surface area (Å²) >= 11 is 0. The van der Waals surface area contributed by atoms with E-state index >= 15 is 0 Å². The van der Waals surface area contributed by atoms with Crippen LogP contribution in [-0.4, -0.2) is 21.1 Å². The Morgan fingerprint density at radius 1 is 0.900 bits per heavy atom. The maximum atomic E-state index is 13.4. The first-order valence-electron chi connectivity index (χ1n) is 9.15. The van der Waals surface area contributed by atoms with E-state index in [9.17, 15) is 21.6 Å². The van der Waals surface area contributed by atoms with Crippen LogP contribution in [0.1, 0.15) is 11.1 Å². The largest absolute Gasteiger partial charge is 0.487 e. The van der Waals surface area contributed by atoms with Gasteiger partial charge in [-0.3, -0.25) is 4.18 Å². The predicted octanol–water partition coefficient (Wildman–Crippen LogP) is 5.08. The van der Waals surface area contributed by atoms with Crippen molar-refractivity contribution in [3.05, 3.63) is 83.9 Å². The fourth-order valence-corrected chi connectivity index (χ4v) is 4.39. The van der Waals surface area contributed by atoms with Crippen LogP contribution >= 0.6 is 0 Å². The highest BCUT2D eigenvalue weighted by molar-refractivity contribution is 7.86. The molecular formula is C22H17F3O4S. The van der Waals surface area contributed by atoms with E-state index in [1.807, 2.05) is 0 Å². The molecule has 4 nitrogen and oxygen atoms in total. The fraction of sp³-hybridized carbons (Fsp3) is 0.182.